The fraction of sp³-hybridized carbons (Fsp3) is 0.0526. The van der Waals surface area contributed by atoms with Crippen molar-refractivity contribution in [1.29, 1.82) is 0 Å². The Kier molecular flexibility index (Phi) is 5.37. The van der Waals surface area contributed by atoms with E-state index in [9.17, 15) is 14.7 Å². The van der Waals surface area contributed by atoms with Crippen LogP contribution in [-0.4, -0.2) is 39.1 Å². The van der Waals surface area contributed by atoms with Crippen molar-refractivity contribution in [3.8, 4) is 17.3 Å². The minimum atomic E-state index is -1.05. The molecule has 0 amide bonds. The molecule has 0 radical (unpaired) electrons. The minimum absolute atomic E-state index is 0.0127. The maximum absolute atomic E-state index is 12.2. The topological polar surface area (TPSA) is 117 Å². The first kappa shape index (κ1) is 19.1. The van der Waals surface area contributed by atoms with Gasteiger partial charge in [-0.1, -0.05) is 6.07 Å². The van der Waals surface area contributed by atoms with Crippen LogP contribution < -0.4 is 10.3 Å². The number of aromatic hydroxyl groups is 1. The van der Waals surface area contributed by atoms with E-state index in [-0.39, 0.29) is 21.8 Å². The quantitative estimate of drug-likeness (QED) is 0.450. The maximum Gasteiger partial charge on any atom is 0.335 e. The molecule has 9 heteroatoms. The van der Waals surface area contributed by atoms with Crippen LogP contribution in [0.15, 0.2) is 58.3 Å². The molecule has 0 aliphatic carbocycles. The van der Waals surface area contributed by atoms with Crippen LogP contribution in [0.25, 0.3) is 5.69 Å². The molecule has 28 heavy (non-hydrogen) atoms. The number of carboxylic acid groups (broad SMARTS) is 1. The number of ether oxygens (including phenoxy) is 1. The van der Waals surface area contributed by atoms with Crippen LogP contribution in [0.4, 0.5) is 5.69 Å². The van der Waals surface area contributed by atoms with E-state index < -0.39 is 11.5 Å². The first-order valence-electron chi connectivity index (χ1n) is 8.01. The standard InChI is InChI=1S/C19H15N3O5S/c1-27-14-4-2-3-13(9-14)22-17(24)15(16(23)21-19(22)28)10-20-12-7-5-11(6-8-12)18(25)26/h2-10,24H,1H3,(H,25,26)(H,21,23,28). The Morgan fingerprint density at radius 1 is 1.25 bits per heavy atom. The van der Waals surface area contributed by atoms with Crippen LogP contribution in [0.1, 0.15) is 15.9 Å². The molecule has 0 aliphatic heterocycles. The van der Waals surface area contributed by atoms with Crippen LogP contribution in [0.5, 0.6) is 11.6 Å². The van der Waals surface area contributed by atoms with Crippen molar-refractivity contribution >= 4 is 30.1 Å². The fourth-order valence-electron chi connectivity index (χ4n) is 2.47. The summed E-state index contributed by atoms with van der Waals surface area (Å²) in [5.74, 6) is -0.878. The van der Waals surface area contributed by atoms with Crippen molar-refractivity contribution < 1.29 is 19.7 Å². The fourth-order valence-corrected chi connectivity index (χ4v) is 2.76. The largest absolute Gasteiger partial charge is 0.497 e. The van der Waals surface area contributed by atoms with Gasteiger partial charge < -0.3 is 14.9 Å². The minimum Gasteiger partial charge on any atom is -0.497 e. The zero-order valence-electron chi connectivity index (χ0n) is 14.6. The molecular formula is C19H15N3O5S. The Morgan fingerprint density at radius 3 is 2.61 bits per heavy atom. The summed E-state index contributed by atoms with van der Waals surface area (Å²) in [6.07, 6.45) is 1.19. The number of nitrogens with zero attached hydrogens (tertiary/aromatic N) is 2. The number of nitrogens with one attached hydrogen (secondary N) is 1. The number of carboxylic acids is 1. The van der Waals surface area contributed by atoms with Crippen molar-refractivity contribution in [3.05, 3.63) is 74.8 Å². The summed E-state index contributed by atoms with van der Waals surface area (Å²) < 4.78 is 6.47. The third kappa shape index (κ3) is 3.84. The molecule has 8 nitrogen and oxygen atoms in total. The molecule has 2 aromatic carbocycles. The highest BCUT2D eigenvalue weighted by molar-refractivity contribution is 7.71. The van der Waals surface area contributed by atoms with Gasteiger partial charge in [0.15, 0.2) is 4.77 Å². The number of carbonyl (C=O) groups is 1. The molecule has 0 unspecified atom stereocenters. The van der Waals surface area contributed by atoms with Gasteiger partial charge >= 0.3 is 5.97 Å². The highest BCUT2D eigenvalue weighted by Crippen LogP contribution is 2.22. The molecule has 0 saturated carbocycles. The zero-order valence-corrected chi connectivity index (χ0v) is 15.4. The third-order valence-corrected chi connectivity index (χ3v) is 4.17. The van der Waals surface area contributed by atoms with E-state index in [1.165, 1.54) is 42.2 Å². The van der Waals surface area contributed by atoms with Gasteiger partial charge in [-0.2, -0.15) is 0 Å². The molecule has 3 N–H and O–H groups in total. The summed E-state index contributed by atoms with van der Waals surface area (Å²) in [5.41, 5.74) is 0.329. The number of rotatable bonds is 5. The SMILES string of the molecule is COc1cccc(-n2c(O)c(C=Nc3ccc(C(=O)O)cc3)c(=O)[nH]c2=S)c1. The normalized spacial score (nSPS) is 10.9. The predicted molar refractivity (Wildman–Crippen MR) is 106 cm³/mol. The van der Waals surface area contributed by atoms with Crippen molar-refractivity contribution in [2.45, 2.75) is 0 Å². The van der Waals surface area contributed by atoms with Crippen LogP contribution in [0.2, 0.25) is 0 Å². The summed E-state index contributed by atoms with van der Waals surface area (Å²) in [6, 6.07) is 12.6. The van der Waals surface area contributed by atoms with E-state index in [1.54, 1.807) is 24.3 Å². The second-order valence-corrected chi connectivity index (χ2v) is 6.03. The second kappa shape index (κ2) is 7.89. The molecule has 3 rings (SSSR count). The van der Waals surface area contributed by atoms with E-state index in [0.29, 0.717) is 17.1 Å². The second-order valence-electron chi connectivity index (χ2n) is 5.64. The summed E-state index contributed by atoms with van der Waals surface area (Å²) in [7, 11) is 1.51. The summed E-state index contributed by atoms with van der Waals surface area (Å²) in [4.78, 5) is 29.8. The number of aromatic carboxylic acids is 1. The molecule has 3 aromatic rings. The number of methoxy groups -OCH3 is 1. The summed E-state index contributed by atoms with van der Waals surface area (Å²) >= 11 is 5.17. The highest BCUT2D eigenvalue weighted by Gasteiger charge is 2.13. The number of hydrogen-bond acceptors (Lipinski definition) is 6. The lowest BCUT2D eigenvalue weighted by molar-refractivity contribution is 0.0697. The predicted octanol–water partition coefficient (Wildman–Crippen LogP) is 3.06. The molecule has 1 heterocycles. The Balaban J connectivity index is 2.05. The first-order valence-corrected chi connectivity index (χ1v) is 8.41. The van der Waals surface area contributed by atoms with E-state index in [4.69, 9.17) is 22.1 Å². The van der Waals surface area contributed by atoms with Gasteiger partial charge in [0.2, 0.25) is 5.88 Å². The molecule has 0 bridgehead atoms. The van der Waals surface area contributed by atoms with Gasteiger partial charge in [0.05, 0.1) is 24.0 Å². The van der Waals surface area contributed by atoms with Crippen LogP contribution in [-0.2, 0) is 0 Å². The van der Waals surface area contributed by atoms with E-state index >= 15 is 0 Å². The number of aromatic nitrogens is 2. The van der Waals surface area contributed by atoms with Gasteiger partial charge in [-0.3, -0.25) is 19.3 Å². The average Bonchev–Trinajstić information content (AvgIpc) is 2.68. The molecular weight excluding hydrogens is 382 g/mol. The monoisotopic (exact) mass is 397 g/mol. The first-order chi connectivity index (χ1) is 13.4. The van der Waals surface area contributed by atoms with Crippen LogP contribution in [0.3, 0.4) is 0 Å². The third-order valence-electron chi connectivity index (χ3n) is 3.89. The number of hydrogen-bond donors (Lipinski definition) is 3. The van der Waals surface area contributed by atoms with Crippen LogP contribution >= 0.6 is 12.2 Å². The molecule has 0 aliphatic rings. The molecule has 0 spiro atoms. The zero-order chi connectivity index (χ0) is 20.3. The smallest absolute Gasteiger partial charge is 0.335 e. The van der Waals surface area contributed by atoms with Gasteiger partial charge in [0, 0.05) is 12.3 Å². The number of aromatic amines is 1. The molecule has 0 fully saturated rings. The van der Waals surface area contributed by atoms with Gasteiger partial charge in [-0.15, -0.1) is 0 Å². The van der Waals surface area contributed by atoms with E-state index in [0.717, 1.165) is 0 Å². The molecule has 142 valence electrons. The Bertz CT molecular complexity index is 1180. The van der Waals surface area contributed by atoms with E-state index in [2.05, 4.69) is 9.98 Å². The summed E-state index contributed by atoms with van der Waals surface area (Å²) in [6.45, 7) is 0. The lowest BCUT2D eigenvalue weighted by Gasteiger charge is -2.12. The van der Waals surface area contributed by atoms with Gasteiger partial charge in [0.25, 0.3) is 5.56 Å². The molecule has 1 aromatic heterocycles. The van der Waals surface area contributed by atoms with Gasteiger partial charge in [-0.05, 0) is 48.6 Å². The Hall–Kier alpha value is -3.72. The van der Waals surface area contributed by atoms with Gasteiger partial charge in [-0.25, -0.2) is 4.79 Å². The van der Waals surface area contributed by atoms with Crippen molar-refractivity contribution in [2.75, 3.05) is 7.11 Å². The Morgan fingerprint density at radius 2 is 1.96 bits per heavy atom. The summed E-state index contributed by atoms with van der Waals surface area (Å²) in [5, 5.41) is 19.5. The number of H-pyrrole nitrogens is 1. The average molecular weight is 397 g/mol. The van der Waals surface area contributed by atoms with Crippen LogP contribution in [0, 0.1) is 4.77 Å². The number of benzene rings is 2. The highest BCUT2D eigenvalue weighted by atomic mass is 32.1. The van der Waals surface area contributed by atoms with Crippen molar-refractivity contribution in [1.82, 2.24) is 9.55 Å². The lowest BCUT2D eigenvalue weighted by Crippen LogP contribution is -2.18. The maximum atomic E-state index is 12.2. The van der Waals surface area contributed by atoms with Crippen molar-refractivity contribution in [2.24, 2.45) is 4.99 Å². The molecule has 0 atom stereocenters. The van der Waals surface area contributed by atoms with Gasteiger partial charge in [0.1, 0.15) is 11.3 Å². The number of aliphatic imine (C=N–C) groups is 1. The molecule has 0 saturated heterocycles. The van der Waals surface area contributed by atoms with Crippen molar-refractivity contribution in [3.63, 3.8) is 0 Å². The van der Waals surface area contributed by atoms with E-state index in [1.807, 2.05) is 0 Å². The lowest BCUT2D eigenvalue weighted by atomic mass is 10.2. The Labute approximate surface area is 164 Å².